The third kappa shape index (κ3) is 3.41. The molecule has 0 fully saturated rings. The van der Waals surface area contributed by atoms with Gasteiger partial charge in [-0.3, -0.25) is 0 Å². The molecule has 0 N–H and O–H groups in total. The van der Waals surface area contributed by atoms with Gasteiger partial charge in [-0.1, -0.05) is 0 Å². The second-order valence-electron chi connectivity index (χ2n) is 2.34. The largest absolute Gasteiger partial charge is 0.574 e. The van der Waals surface area contributed by atoms with Gasteiger partial charge in [0.25, 0.3) is 0 Å². The molecule has 1 rings (SSSR count). The quantitative estimate of drug-likeness (QED) is 0.570. The Labute approximate surface area is 82.7 Å². The van der Waals surface area contributed by atoms with E-state index < -0.39 is 12.2 Å². The van der Waals surface area contributed by atoms with Crippen molar-refractivity contribution in [1.29, 1.82) is 0 Å². The monoisotopic (exact) mass is 224 g/mol. The number of hydrogen-bond acceptors (Lipinski definition) is 4. The number of nitrogens with zero attached hydrogens (tertiary/aromatic N) is 2. The highest BCUT2D eigenvalue weighted by Gasteiger charge is 2.32. The zero-order chi connectivity index (χ0) is 10.8. The molecule has 14 heavy (non-hydrogen) atoms. The van der Waals surface area contributed by atoms with E-state index in [1.807, 2.05) is 0 Å². The molecule has 0 aliphatic heterocycles. The van der Waals surface area contributed by atoms with Crippen LogP contribution in [0.1, 0.15) is 5.82 Å². The van der Waals surface area contributed by atoms with E-state index in [9.17, 15) is 13.2 Å². The molecule has 7 heteroatoms. The summed E-state index contributed by atoms with van der Waals surface area (Å²) in [5.74, 6) is -0.231. The lowest BCUT2D eigenvalue weighted by molar-refractivity contribution is -0.276. The molecule has 0 saturated heterocycles. The molecule has 0 amide bonds. The molecule has 0 atom stereocenters. The smallest absolute Gasteiger partial charge is 0.388 e. The van der Waals surface area contributed by atoms with Crippen LogP contribution in [0.2, 0.25) is 0 Å². The number of hydrogen-bond donors (Lipinski definition) is 0. The summed E-state index contributed by atoms with van der Waals surface area (Å²) in [7, 11) is 0. The first-order valence-electron chi connectivity index (χ1n) is 3.56. The Morgan fingerprint density at radius 1 is 1.36 bits per heavy atom. The van der Waals surface area contributed by atoms with E-state index in [1.165, 1.54) is 18.7 Å². The van der Waals surface area contributed by atoms with Crippen LogP contribution < -0.4 is 4.74 Å². The summed E-state index contributed by atoms with van der Waals surface area (Å²) in [4.78, 5) is 7.39. The SMILES string of the molecule is CSc1cc(OC(F)(F)F)nc(C)n1. The minimum absolute atomic E-state index is 0.246. The van der Waals surface area contributed by atoms with E-state index >= 15 is 0 Å². The van der Waals surface area contributed by atoms with E-state index in [1.54, 1.807) is 6.26 Å². The molecule has 0 bridgehead atoms. The molecular weight excluding hydrogens is 217 g/mol. The summed E-state index contributed by atoms with van der Waals surface area (Å²) in [5, 5.41) is 0.441. The van der Waals surface area contributed by atoms with Crippen LogP contribution in [0.5, 0.6) is 5.88 Å². The summed E-state index contributed by atoms with van der Waals surface area (Å²) in [5.41, 5.74) is 0. The van der Waals surface area contributed by atoms with Gasteiger partial charge in [-0.25, -0.2) is 4.98 Å². The number of aryl methyl sites for hydroxylation is 1. The van der Waals surface area contributed by atoms with Gasteiger partial charge in [0, 0.05) is 6.07 Å². The average molecular weight is 224 g/mol. The number of ether oxygens (including phenoxy) is 1. The Bertz CT molecular complexity index is 329. The predicted molar refractivity (Wildman–Crippen MR) is 45.2 cm³/mol. The van der Waals surface area contributed by atoms with Crippen LogP contribution in [0.25, 0.3) is 0 Å². The highest BCUT2D eigenvalue weighted by atomic mass is 32.2. The molecule has 0 radical (unpaired) electrons. The second-order valence-corrected chi connectivity index (χ2v) is 3.17. The minimum atomic E-state index is -4.71. The van der Waals surface area contributed by atoms with Gasteiger partial charge in [-0.15, -0.1) is 24.9 Å². The van der Waals surface area contributed by atoms with Gasteiger partial charge in [0.2, 0.25) is 5.88 Å². The number of thioether (sulfide) groups is 1. The van der Waals surface area contributed by atoms with E-state index in [0.717, 1.165) is 6.07 Å². The Balaban J connectivity index is 2.92. The van der Waals surface area contributed by atoms with Crippen LogP contribution in [0.4, 0.5) is 13.2 Å². The third-order valence-electron chi connectivity index (χ3n) is 1.22. The van der Waals surface area contributed by atoms with Crippen molar-refractivity contribution in [2.75, 3.05) is 6.26 Å². The molecule has 78 valence electrons. The maximum Gasteiger partial charge on any atom is 0.574 e. The van der Waals surface area contributed by atoms with Crippen LogP contribution in [0, 0.1) is 6.92 Å². The maximum absolute atomic E-state index is 11.8. The Morgan fingerprint density at radius 3 is 2.50 bits per heavy atom. The zero-order valence-electron chi connectivity index (χ0n) is 7.42. The fourth-order valence-electron chi connectivity index (χ4n) is 0.790. The molecule has 3 nitrogen and oxygen atoms in total. The number of alkyl halides is 3. The summed E-state index contributed by atoms with van der Waals surface area (Å²) < 4.78 is 39.1. The van der Waals surface area contributed by atoms with Gasteiger partial charge in [0.05, 0.1) is 0 Å². The minimum Gasteiger partial charge on any atom is -0.388 e. The molecule has 0 unspecified atom stereocenters. The number of aromatic nitrogens is 2. The average Bonchev–Trinajstić information content (AvgIpc) is 1.99. The highest BCUT2D eigenvalue weighted by molar-refractivity contribution is 7.98. The van der Waals surface area contributed by atoms with Crippen LogP contribution in [-0.2, 0) is 0 Å². The van der Waals surface area contributed by atoms with Gasteiger partial charge >= 0.3 is 6.36 Å². The molecule has 0 spiro atoms. The first-order chi connectivity index (χ1) is 6.40. The van der Waals surface area contributed by atoms with Crippen molar-refractivity contribution in [3.05, 3.63) is 11.9 Å². The van der Waals surface area contributed by atoms with Crippen LogP contribution in [0.3, 0.4) is 0 Å². The van der Waals surface area contributed by atoms with Crippen molar-refractivity contribution in [2.45, 2.75) is 18.3 Å². The molecule has 0 aliphatic carbocycles. The zero-order valence-corrected chi connectivity index (χ0v) is 8.24. The summed E-state index contributed by atoms with van der Waals surface area (Å²) >= 11 is 1.22. The molecule has 1 aromatic heterocycles. The van der Waals surface area contributed by atoms with Crippen molar-refractivity contribution in [1.82, 2.24) is 9.97 Å². The number of halogens is 3. The van der Waals surface area contributed by atoms with Gasteiger partial charge in [0.15, 0.2) is 0 Å². The third-order valence-corrected chi connectivity index (χ3v) is 1.85. The van der Waals surface area contributed by atoms with Crippen molar-refractivity contribution in [3.8, 4) is 5.88 Å². The lowest BCUT2D eigenvalue weighted by Gasteiger charge is -2.08. The van der Waals surface area contributed by atoms with Crippen molar-refractivity contribution in [3.63, 3.8) is 0 Å². The number of rotatable bonds is 2. The first kappa shape index (κ1) is 11.1. The van der Waals surface area contributed by atoms with Crippen LogP contribution in [0.15, 0.2) is 11.1 Å². The molecule has 1 aromatic rings. The van der Waals surface area contributed by atoms with Crippen LogP contribution in [-0.4, -0.2) is 22.6 Å². The van der Waals surface area contributed by atoms with E-state index in [2.05, 4.69) is 14.7 Å². The van der Waals surface area contributed by atoms with Crippen LogP contribution >= 0.6 is 11.8 Å². The molecule has 1 heterocycles. The van der Waals surface area contributed by atoms with E-state index in [-0.39, 0.29) is 5.82 Å². The Morgan fingerprint density at radius 2 is 2.00 bits per heavy atom. The second kappa shape index (κ2) is 4.04. The van der Waals surface area contributed by atoms with Gasteiger partial charge in [-0.2, -0.15) is 4.98 Å². The summed E-state index contributed by atoms with van der Waals surface area (Å²) in [6, 6.07) is 1.14. The molecular formula is C7H7F3N2OS. The van der Waals surface area contributed by atoms with Crippen molar-refractivity contribution < 1.29 is 17.9 Å². The summed E-state index contributed by atoms with van der Waals surface area (Å²) in [6.45, 7) is 1.50. The van der Waals surface area contributed by atoms with E-state index in [0.29, 0.717) is 5.03 Å². The normalized spacial score (nSPS) is 11.5. The fourth-order valence-corrected chi connectivity index (χ4v) is 1.23. The lowest BCUT2D eigenvalue weighted by atomic mass is 10.6. The predicted octanol–water partition coefficient (Wildman–Crippen LogP) is 2.41. The van der Waals surface area contributed by atoms with Gasteiger partial charge < -0.3 is 4.74 Å². The Kier molecular flexibility index (Phi) is 3.20. The van der Waals surface area contributed by atoms with Gasteiger partial charge in [-0.05, 0) is 13.2 Å². The lowest BCUT2D eigenvalue weighted by Crippen LogP contribution is -2.18. The highest BCUT2D eigenvalue weighted by Crippen LogP contribution is 2.23. The molecule has 0 saturated carbocycles. The molecule has 0 aliphatic rings. The Hall–Kier alpha value is -0.980. The van der Waals surface area contributed by atoms with Gasteiger partial charge in [0.1, 0.15) is 10.9 Å². The van der Waals surface area contributed by atoms with Crippen molar-refractivity contribution in [2.24, 2.45) is 0 Å². The summed E-state index contributed by atoms with van der Waals surface area (Å²) in [6.07, 6.45) is -3.00. The standard InChI is InChI=1S/C7H7F3N2OS/c1-4-11-5(13-7(8,9)10)3-6(12-4)14-2/h3H,1-2H3. The van der Waals surface area contributed by atoms with E-state index in [4.69, 9.17) is 0 Å². The topological polar surface area (TPSA) is 35.0 Å². The maximum atomic E-state index is 11.8. The van der Waals surface area contributed by atoms with Crippen molar-refractivity contribution >= 4 is 11.8 Å². The first-order valence-corrected chi connectivity index (χ1v) is 4.78. The fraction of sp³-hybridized carbons (Fsp3) is 0.429. The molecule has 0 aromatic carbocycles.